The van der Waals surface area contributed by atoms with Gasteiger partial charge in [0.2, 0.25) is 23.5 Å². The number of nitrogens with one attached hydrogen (secondary N) is 2. The molecule has 0 fully saturated rings. The maximum atomic E-state index is 13.4. The minimum Gasteiger partial charge on any atom is -0.497 e. The van der Waals surface area contributed by atoms with Crippen LogP contribution in [-0.2, 0) is 22.2 Å². The lowest BCUT2D eigenvalue weighted by Crippen LogP contribution is -2.17. The summed E-state index contributed by atoms with van der Waals surface area (Å²) in [6.45, 7) is 1.18. The van der Waals surface area contributed by atoms with Crippen LogP contribution in [0.4, 0.5) is 24.5 Å². The van der Waals surface area contributed by atoms with E-state index in [1.165, 1.54) is 13.0 Å². The molecular formula is C21H19F3N4O4. The Morgan fingerprint density at radius 3 is 2.44 bits per heavy atom. The molecule has 1 heterocycles. The number of hydrogen-bond donors (Lipinski definition) is 2. The summed E-state index contributed by atoms with van der Waals surface area (Å²) < 4.78 is 50.3. The third kappa shape index (κ3) is 5.84. The van der Waals surface area contributed by atoms with Crippen LogP contribution in [0.5, 0.6) is 5.75 Å². The summed E-state index contributed by atoms with van der Waals surface area (Å²) in [4.78, 5) is 27.5. The molecule has 0 radical (unpaired) electrons. The van der Waals surface area contributed by atoms with E-state index >= 15 is 0 Å². The fraction of sp³-hybridized carbons (Fsp3) is 0.238. The molecule has 168 valence electrons. The number of alkyl halides is 3. The molecule has 0 aliphatic rings. The summed E-state index contributed by atoms with van der Waals surface area (Å²) >= 11 is 0. The predicted molar refractivity (Wildman–Crippen MR) is 109 cm³/mol. The lowest BCUT2D eigenvalue weighted by molar-refractivity contribution is -0.137. The molecule has 0 saturated heterocycles. The molecule has 0 atom stereocenters. The van der Waals surface area contributed by atoms with Gasteiger partial charge in [0.1, 0.15) is 5.75 Å². The molecule has 3 rings (SSSR count). The average molecular weight is 448 g/mol. The van der Waals surface area contributed by atoms with E-state index in [0.717, 1.165) is 12.1 Å². The van der Waals surface area contributed by atoms with Gasteiger partial charge >= 0.3 is 6.18 Å². The third-order valence-electron chi connectivity index (χ3n) is 4.30. The highest BCUT2D eigenvalue weighted by Crippen LogP contribution is 2.36. The van der Waals surface area contributed by atoms with Crippen LogP contribution in [0, 0.1) is 0 Å². The van der Waals surface area contributed by atoms with Crippen LogP contribution in [0.2, 0.25) is 0 Å². The van der Waals surface area contributed by atoms with Gasteiger partial charge in [0, 0.05) is 31.0 Å². The summed E-state index contributed by atoms with van der Waals surface area (Å²) in [5.41, 5.74) is -0.836. The van der Waals surface area contributed by atoms with E-state index in [-0.39, 0.29) is 24.4 Å². The smallest absolute Gasteiger partial charge is 0.418 e. The number of amides is 2. The van der Waals surface area contributed by atoms with Crippen molar-refractivity contribution in [1.82, 2.24) is 10.1 Å². The number of carbonyl (C=O) groups excluding carboxylic acids is 2. The fourth-order valence-electron chi connectivity index (χ4n) is 2.82. The van der Waals surface area contributed by atoms with Gasteiger partial charge in [-0.25, -0.2) is 0 Å². The molecule has 2 amide bonds. The number of nitrogens with zero attached hydrogens (tertiary/aromatic N) is 2. The van der Waals surface area contributed by atoms with Crippen LogP contribution in [0.3, 0.4) is 0 Å². The van der Waals surface area contributed by atoms with Crippen molar-refractivity contribution >= 4 is 23.2 Å². The molecule has 0 saturated carbocycles. The Labute approximate surface area is 180 Å². The summed E-state index contributed by atoms with van der Waals surface area (Å²) in [6.07, 6.45) is -4.86. The minimum atomic E-state index is -4.73. The number of benzene rings is 2. The monoisotopic (exact) mass is 448 g/mol. The number of methoxy groups -OCH3 is 1. The number of ether oxygens (including phenoxy) is 1. The first kappa shape index (κ1) is 22.8. The van der Waals surface area contributed by atoms with Crippen molar-refractivity contribution in [1.29, 1.82) is 0 Å². The van der Waals surface area contributed by atoms with E-state index in [4.69, 9.17) is 9.26 Å². The van der Waals surface area contributed by atoms with Crippen molar-refractivity contribution in [2.75, 3.05) is 17.7 Å². The lowest BCUT2D eigenvalue weighted by Gasteiger charge is -2.15. The number of anilines is 2. The number of halogens is 3. The first-order valence-electron chi connectivity index (χ1n) is 9.41. The van der Waals surface area contributed by atoms with Gasteiger partial charge in [-0.05, 0) is 42.5 Å². The molecule has 2 aromatic carbocycles. The molecule has 0 bridgehead atoms. The van der Waals surface area contributed by atoms with Gasteiger partial charge in [-0.2, -0.15) is 18.2 Å². The van der Waals surface area contributed by atoms with Gasteiger partial charge in [-0.3, -0.25) is 9.59 Å². The van der Waals surface area contributed by atoms with Gasteiger partial charge in [0.25, 0.3) is 0 Å². The average Bonchev–Trinajstić information content (AvgIpc) is 3.21. The van der Waals surface area contributed by atoms with E-state index in [1.54, 1.807) is 31.4 Å². The van der Waals surface area contributed by atoms with Gasteiger partial charge < -0.3 is 19.9 Å². The van der Waals surface area contributed by atoms with Crippen molar-refractivity contribution in [2.45, 2.75) is 25.9 Å². The van der Waals surface area contributed by atoms with Crippen molar-refractivity contribution in [3.8, 4) is 17.1 Å². The second kappa shape index (κ2) is 9.50. The minimum absolute atomic E-state index is 0.0280. The number of carbonyl (C=O) groups is 2. The molecule has 3 aromatic rings. The van der Waals surface area contributed by atoms with Crippen LogP contribution in [0.1, 0.15) is 24.8 Å². The van der Waals surface area contributed by atoms with E-state index in [2.05, 4.69) is 20.8 Å². The second-order valence-corrected chi connectivity index (χ2v) is 6.73. The second-order valence-electron chi connectivity index (χ2n) is 6.73. The Morgan fingerprint density at radius 2 is 1.81 bits per heavy atom. The molecule has 32 heavy (non-hydrogen) atoms. The maximum Gasteiger partial charge on any atom is 0.418 e. The Kier molecular flexibility index (Phi) is 6.76. The highest BCUT2D eigenvalue weighted by molar-refractivity contribution is 5.93. The summed E-state index contributed by atoms with van der Waals surface area (Å²) in [6, 6.07) is 10.1. The first-order valence-corrected chi connectivity index (χ1v) is 9.41. The molecule has 0 unspecified atom stereocenters. The van der Waals surface area contributed by atoms with Crippen LogP contribution in [-0.4, -0.2) is 29.1 Å². The Morgan fingerprint density at radius 1 is 1.09 bits per heavy atom. The fourth-order valence-corrected chi connectivity index (χ4v) is 2.82. The number of aryl methyl sites for hydroxylation is 1. The molecule has 2 N–H and O–H groups in total. The zero-order valence-electron chi connectivity index (χ0n) is 17.1. The van der Waals surface area contributed by atoms with Crippen LogP contribution in [0.25, 0.3) is 11.4 Å². The van der Waals surface area contributed by atoms with Crippen LogP contribution >= 0.6 is 0 Å². The van der Waals surface area contributed by atoms with Gasteiger partial charge in [-0.1, -0.05) is 5.16 Å². The molecule has 11 heteroatoms. The normalized spacial score (nSPS) is 11.2. The van der Waals surface area contributed by atoms with Crippen molar-refractivity contribution < 1.29 is 32.0 Å². The summed E-state index contributed by atoms with van der Waals surface area (Å²) in [7, 11) is 1.54. The highest BCUT2D eigenvalue weighted by atomic mass is 19.4. The predicted octanol–water partition coefficient (Wildman–Crippen LogP) is 4.29. The number of rotatable bonds is 7. The molecular weight excluding hydrogens is 429 g/mol. The van der Waals surface area contributed by atoms with E-state index in [0.29, 0.717) is 17.1 Å². The maximum absolute atomic E-state index is 13.4. The van der Waals surface area contributed by atoms with E-state index < -0.39 is 29.2 Å². The molecule has 0 aliphatic carbocycles. The summed E-state index contributed by atoms with van der Waals surface area (Å²) in [5, 5.41) is 8.37. The highest BCUT2D eigenvalue weighted by Gasteiger charge is 2.34. The van der Waals surface area contributed by atoms with Gasteiger partial charge in [0.15, 0.2) is 0 Å². The van der Waals surface area contributed by atoms with E-state index in [1.807, 2.05) is 0 Å². The summed E-state index contributed by atoms with van der Waals surface area (Å²) in [5.74, 6) is -0.0214. The standard InChI is InChI=1S/C21H19F3N4O4/c1-12(29)25-14-5-8-17(16(11-14)21(22,23)24)26-18(30)9-10-19-27-20(28-32-19)13-3-6-15(31-2)7-4-13/h3-8,11H,9-10H2,1-2H3,(H,25,29)(H,26,30). The Balaban J connectivity index is 1.65. The topological polar surface area (TPSA) is 106 Å². The molecule has 8 nitrogen and oxygen atoms in total. The van der Waals surface area contributed by atoms with Crippen molar-refractivity contribution in [2.24, 2.45) is 0 Å². The van der Waals surface area contributed by atoms with Crippen LogP contribution in [0.15, 0.2) is 47.0 Å². The first-order chi connectivity index (χ1) is 15.2. The Bertz CT molecular complexity index is 1110. The molecule has 0 spiro atoms. The van der Waals surface area contributed by atoms with Crippen molar-refractivity contribution in [3.05, 3.63) is 53.9 Å². The Hall–Kier alpha value is -3.89. The van der Waals surface area contributed by atoms with E-state index in [9.17, 15) is 22.8 Å². The SMILES string of the molecule is COc1ccc(-c2noc(CCC(=O)Nc3ccc(NC(C)=O)cc3C(F)(F)F)n2)cc1. The molecule has 1 aromatic heterocycles. The largest absolute Gasteiger partial charge is 0.497 e. The van der Waals surface area contributed by atoms with Crippen LogP contribution < -0.4 is 15.4 Å². The number of hydrogen-bond acceptors (Lipinski definition) is 6. The lowest BCUT2D eigenvalue weighted by atomic mass is 10.1. The zero-order valence-corrected chi connectivity index (χ0v) is 17.1. The third-order valence-corrected chi connectivity index (χ3v) is 4.30. The quantitative estimate of drug-likeness (QED) is 0.559. The van der Waals surface area contributed by atoms with Crippen molar-refractivity contribution in [3.63, 3.8) is 0 Å². The van der Waals surface area contributed by atoms with Gasteiger partial charge in [0.05, 0.1) is 18.4 Å². The van der Waals surface area contributed by atoms with Gasteiger partial charge in [-0.15, -0.1) is 0 Å². The number of aromatic nitrogens is 2. The molecule has 0 aliphatic heterocycles. The zero-order chi connectivity index (χ0) is 23.3.